The molecule has 6 heteroatoms. The first kappa shape index (κ1) is 71.3. The Morgan fingerprint density at radius 2 is 0.644 bits per heavy atom. The molecule has 3 N–H and O–H groups in total. The Balaban J connectivity index is 3.42. The highest BCUT2D eigenvalue weighted by Gasteiger charge is 2.18. The highest BCUT2D eigenvalue weighted by atomic mass is 16.5. The first-order valence-electron chi connectivity index (χ1n) is 33.1. The number of allylic oxidation sites excluding steroid dienone is 3. The molecule has 0 aromatic carbocycles. The number of carbonyl (C=O) groups excluding carboxylic acids is 2. The van der Waals surface area contributed by atoms with Gasteiger partial charge in [-0.15, -0.1) is 0 Å². The number of nitrogens with one attached hydrogen (secondary N) is 1. The number of esters is 1. The van der Waals surface area contributed by atoms with Crippen LogP contribution in [0.5, 0.6) is 0 Å². The molecule has 0 aromatic heterocycles. The maximum atomic E-state index is 12.5. The van der Waals surface area contributed by atoms with Gasteiger partial charge in [-0.25, -0.2) is 0 Å². The molecule has 0 spiro atoms. The quantitative estimate of drug-likeness (QED) is 0.0320. The minimum atomic E-state index is -0.846. The summed E-state index contributed by atoms with van der Waals surface area (Å²) in [6.45, 7) is 4.93. The first-order chi connectivity index (χ1) is 36.0. The molecule has 0 saturated heterocycles. The van der Waals surface area contributed by atoms with E-state index >= 15 is 0 Å². The first-order valence-corrected chi connectivity index (χ1v) is 33.1. The number of aliphatic hydroxyl groups is 2. The van der Waals surface area contributed by atoms with Gasteiger partial charge in [0.05, 0.1) is 25.4 Å². The molecule has 6 nitrogen and oxygen atoms in total. The Bertz CT molecular complexity index is 1140. The van der Waals surface area contributed by atoms with Crippen LogP contribution in [0.25, 0.3) is 0 Å². The lowest BCUT2D eigenvalue weighted by Crippen LogP contribution is -2.45. The normalized spacial score (nSPS) is 12.7. The summed E-state index contributed by atoms with van der Waals surface area (Å²) in [7, 11) is 0. The average molecular weight is 1030 g/mol. The minimum absolute atomic E-state index is 0.0140. The maximum absolute atomic E-state index is 12.5. The van der Waals surface area contributed by atoms with Gasteiger partial charge in [0.2, 0.25) is 5.91 Å². The average Bonchev–Trinajstić information content (AvgIpc) is 3.39. The van der Waals surface area contributed by atoms with Crippen molar-refractivity contribution in [1.29, 1.82) is 0 Å². The lowest BCUT2D eigenvalue weighted by Gasteiger charge is -2.20. The van der Waals surface area contributed by atoms with Crippen LogP contribution >= 0.6 is 0 Å². The second-order valence-corrected chi connectivity index (χ2v) is 22.8. The van der Waals surface area contributed by atoms with Gasteiger partial charge in [-0.05, 0) is 57.8 Å². The lowest BCUT2D eigenvalue weighted by atomic mass is 10.0. The van der Waals surface area contributed by atoms with E-state index in [1.165, 1.54) is 302 Å². The van der Waals surface area contributed by atoms with E-state index in [1.807, 2.05) is 6.08 Å². The van der Waals surface area contributed by atoms with Crippen molar-refractivity contribution < 1.29 is 24.5 Å². The molecule has 0 fully saturated rings. The molecule has 0 aromatic rings. The van der Waals surface area contributed by atoms with Crippen LogP contribution < -0.4 is 5.32 Å². The smallest absolute Gasteiger partial charge is 0.305 e. The van der Waals surface area contributed by atoms with Gasteiger partial charge in [0, 0.05) is 12.8 Å². The van der Waals surface area contributed by atoms with Gasteiger partial charge in [-0.2, -0.15) is 0 Å². The van der Waals surface area contributed by atoms with Crippen LogP contribution in [-0.2, 0) is 14.3 Å². The Morgan fingerprint density at radius 1 is 0.370 bits per heavy atom. The van der Waals surface area contributed by atoms with E-state index in [4.69, 9.17) is 4.74 Å². The number of carbonyl (C=O) groups is 2. The number of ether oxygens (including phenoxy) is 1. The van der Waals surface area contributed by atoms with Crippen molar-refractivity contribution >= 4 is 11.9 Å². The molecule has 432 valence electrons. The fraction of sp³-hybridized carbons (Fsp3) is 0.910. The number of hydrogen-bond donors (Lipinski definition) is 3. The van der Waals surface area contributed by atoms with Gasteiger partial charge in [0.25, 0.3) is 0 Å². The number of amides is 1. The predicted octanol–water partition coefficient (Wildman–Crippen LogP) is 21.0. The zero-order valence-corrected chi connectivity index (χ0v) is 49.4. The molecule has 0 saturated carbocycles. The fourth-order valence-corrected chi connectivity index (χ4v) is 10.4. The molecule has 0 bridgehead atoms. The van der Waals surface area contributed by atoms with E-state index in [9.17, 15) is 19.8 Å². The van der Waals surface area contributed by atoms with Gasteiger partial charge in [0.15, 0.2) is 0 Å². The van der Waals surface area contributed by atoms with E-state index in [2.05, 4.69) is 31.3 Å². The second kappa shape index (κ2) is 62.9. The molecule has 2 unspecified atom stereocenters. The third-order valence-electron chi connectivity index (χ3n) is 15.5. The molecule has 0 radical (unpaired) electrons. The van der Waals surface area contributed by atoms with Crippen LogP contribution in [0.15, 0.2) is 24.3 Å². The molecule has 73 heavy (non-hydrogen) atoms. The SMILES string of the molecule is CCCCCCCCCCCCCCCCCCC/C=C/C(O)C(CO)NC(=O)CCCCCCCCCCCC/C=C\CCCCCCCCCCCCCCOC(=O)CCCCCCCCCCCCC. The third-order valence-corrected chi connectivity index (χ3v) is 15.5. The summed E-state index contributed by atoms with van der Waals surface area (Å²) in [6.07, 6.45) is 78.1. The molecule has 0 heterocycles. The van der Waals surface area contributed by atoms with Crippen LogP contribution in [0.2, 0.25) is 0 Å². The Hall–Kier alpha value is -1.66. The summed E-state index contributed by atoms with van der Waals surface area (Å²) in [4.78, 5) is 24.5. The van der Waals surface area contributed by atoms with Crippen molar-refractivity contribution in [3.63, 3.8) is 0 Å². The lowest BCUT2D eigenvalue weighted by molar-refractivity contribution is -0.143. The minimum Gasteiger partial charge on any atom is -0.466 e. The number of unbranched alkanes of at least 4 members (excludes halogenated alkanes) is 49. The van der Waals surface area contributed by atoms with Crippen molar-refractivity contribution in [3.05, 3.63) is 24.3 Å². The summed E-state index contributed by atoms with van der Waals surface area (Å²) in [6, 6.07) is -0.629. The Labute approximate surface area is 456 Å². The predicted molar refractivity (Wildman–Crippen MR) is 320 cm³/mol. The molecular weight excluding hydrogens is 899 g/mol. The van der Waals surface area contributed by atoms with Crippen molar-refractivity contribution in [3.8, 4) is 0 Å². The topological polar surface area (TPSA) is 95.9 Å². The number of hydrogen-bond acceptors (Lipinski definition) is 5. The molecule has 0 aliphatic rings. The van der Waals surface area contributed by atoms with Crippen molar-refractivity contribution in [1.82, 2.24) is 5.32 Å². The zero-order chi connectivity index (χ0) is 52.9. The maximum Gasteiger partial charge on any atom is 0.305 e. The summed E-state index contributed by atoms with van der Waals surface area (Å²) in [5.41, 5.74) is 0. The molecule has 0 aliphatic heterocycles. The summed E-state index contributed by atoms with van der Waals surface area (Å²) in [5, 5.41) is 23.2. The Kier molecular flexibility index (Phi) is 61.4. The van der Waals surface area contributed by atoms with Gasteiger partial charge in [-0.3, -0.25) is 9.59 Å². The van der Waals surface area contributed by atoms with Crippen molar-refractivity contribution in [2.45, 2.75) is 379 Å². The highest BCUT2D eigenvalue weighted by Crippen LogP contribution is 2.18. The standard InChI is InChI=1S/C67H129NO5/c1-3-5-7-9-11-13-15-16-17-18-27-30-33-36-40-43-47-51-55-59-65(70)64(63-69)68-66(71)60-56-52-48-44-41-37-34-31-28-25-23-21-19-20-22-24-26-29-32-35-38-42-46-50-54-58-62-73-67(72)61-57-53-49-45-39-14-12-10-8-6-4-2/h19,21,55,59,64-65,69-70H,3-18,20,22-54,56-58,60-63H2,1-2H3,(H,68,71)/b21-19-,59-55+. The second-order valence-electron chi connectivity index (χ2n) is 22.8. The van der Waals surface area contributed by atoms with E-state index < -0.39 is 12.1 Å². The number of aliphatic hydroxyl groups excluding tert-OH is 2. The molecular formula is C67H129NO5. The van der Waals surface area contributed by atoms with Gasteiger partial charge in [0.1, 0.15) is 0 Å². The summed E-state index contributed by atoms with van der Waals surface area (Å²) < 4.78 is 5.47. The molecule has 0 aliphatic carbocycles. The van der Waals surface area contributed by atoms with Crippen molar-refractivity contribution in [2.24, 2.45) is 0 Å². The van der Waals surface area contributed by atoms with E-state index in [1.54, 1.807) is 6.08 Å². The van der Waals surface area contributed by atoms with Crippen molar-refractivity contribution in [2.75, 3.05) is 13.2 Å². The summed E-state index contributed by atoms with van der Waals surface area (Å²) >= 11 is 0. The molecule has 0 rings (SSSR count). The Morgan fingerprint density at radius 3 is 0.973 bits per heavy atom. The monoisotopic (exact) mass is 1030 g/mol. The van der Waals surface area contributed by atoms with Crippen LogP contribution in [0.3, 0.4) is 0 Å². The van der Waals surface area contributed by atoms with Gasteiger partial charge >= 0.3 is 5.97 Å². The molecule has 2 atom stereocenters. The summed E-state index contributed by atoms with van der Waals surface area (Å²) in [5.74, 6) is -0.0526. The highest BCUT2D eigenvalue weighted by molar-refractivity contribution is 5.76. The van der Waals surface area contributed by atoms with E-state index in [-0.39, 0.29) is 18.5 Å². The van der Waals surface area contributed by atoms with Crippen LogP contribution in [0.4, 0.5) is 0 Å². The molecule has 1 amide bonds. The fourth-order valence-electron chi connectivity index (χ4n) is 10.4. The van der Waals surface area contributed by atoms with Crippen LogP contribution in [-0.4, -0.2) is 47.4 Å². The number of rotatable bonds is 62. The largest absolute Gasteiger partial charge is 0.466 e. The third kappa shape index (κ3) is 59.4. The van der Waals surface area contributed by atoms with Gasteiger partial charge in [-0.1, -0.05) is 321 Å². The van der Waals surface area contributed by atoms with Crippen LogP contribution in [0, 0.1) is 0 Å². The van der Waals surface area contributed by atoms with Crippen LogP contribution in [0.1, 0.15) is 367 Å². The van der Waals surface area contributed by atoms with E-state index in [0.717, 1.165) is 38.5 Å². The zero-order valence-electron chi connectivity index (χ0n) is 49.4. The van der Waals surface area contributed by atoms with E-state index in [0.29, 0.717) is 19.4 Å². The van der Waals surface area contributed by atoms with Gasteiger partial charge < -0.3 is 20.3 Å².